The summed E-state index contributed by atoms with van der Waals surface area (Å²) in [5, 5.41) is 17.2. The number of carboxylic acid groups (broad SMARTS) is 2. The molecule has 0 aromatic heterocycles. The Kier molecular flexibility index (Phi) is 6.98. The standard InChI is InChI=1S/C8H15O8P/c1-15-16-17(13,14)5-4-6(8(11)12)2-3-7(9)10/h6H,2-5H2,1H3,(H,9,10)(H,11,12)(H,13,14). The molecule has 0 aromatic carbocycles. The van der Waals surface area contributed by atoms with Crippen molar-refractivity contribution in [2.45, 2.75) is 19.3 Å². The molecule has 17 heavy (non-hydrogen) atoms. The van der Waals surface area contributed by atoms with Gasteiger partial charge < -0.3 is 15.1 Å². The molecule has 3 N–H and O–H groups in total. The van der Waals surface area contributed by atoms with Crippen LogP contribution >= 0.6 is 7.60 Å². The van der Waals surface area contributed by atoms with E-state index in [9.17, 15) is 14.2 Å². The SMILES string of the molecule is COOP(=O)(O)CCC(CCC(=O)O)C(=O)O. The first-order valence-corrected chi connectivity index (χ1v) is 6.53. The Morgan fingerprint density at radius 1 is 1.29 bits per heavy atom. The molecule has 0 aliphatic carbocycles. The van der Waals surface area contributed by atoms with E-state index in [4.69, 9.17) is 15.1 Å². The minimum Gasteiger partial charge on any atom is -0.481 e. The van der Waals surface area contributed by atoms with E-state index in [1.54, 1.807) is 0 Å². The molecule has 0 aromatic rings. The van der Waals surface area contributed by atoms with Crippen LogP contribution in [-0.4, -0.2) is 40.3 Å². The van der Waals surface area contributed by atoms with Gasteiger partial charge in [-0.25, -0.2) is 4.89 Å². The lowest BCUT2D eigenvalue weighted by Gasteiger charge is -2.13. The first-order valence-electron chi connectivity index (χ1n) is 4.77. The van der Waals surface area contributed by atoms with Crippen molar-refractivity contribution < 1.29 is 38.8 Å². The zero-order valence-corrected chi connectivity index (χ0v) is 10.1. The average Bonchev–Trinajstić information content (AvgIpc) is 2.16. The first kappa shape index (κ1) is 16.1. The zero-order valence-electron chi connectivity index (χ0n) is 9.24. The van der Waals surface area contributed by atoms with E-state index in [0.717, 1.165) is 7.11 Å². The van der Waals surface area contributed by atoms with Crippen molar-refractivity contribution in [3.8, 4) is 0 Å². The summed E-state index contributed by atoms with van der Waals surface area (Å²) in [6.07, 6.45) is -0.966. The van der Waals surface area contributed by atoms with E-state index in [0.29, 0.717) is 0 Å². The van der Waals surface area contributed by atoms with Crippen LogP contribution in [0.3, 0.4) is 0 Å². The predicted molar refractivity (Wildman–Crippen MR) is 55.4 cm³/mol. The Balaban J connectivity index is 4.22. The van der Waals surface area contributed by atoms with Crippen molar-refractivity contribution in [2.75, 3.05) is 13.3 Å². The maximum absolute atomic E-state index is 11.2. The second-order valence-corrected chi connectivity index (χ2v) is 5.23. The minimum absolute atomic E-state index is 0.0996. The second kappa shape index (κ2) is 7.39. The normalized spacial score (nSPS) is 16.1. The summed E-state index contributed by atoms with van der Waals surface area (Å²) in [7, 11) is -2.91. The topological polar surface area (TPSA) is 130 Å². The van der Waals surface area contributed by atoms with Gasteiger partial charge in [-0.3, -0.25) is 14.2 Å². The summed E-state index contributed by atoms with van der Waals surface area (Å²) in [4.78, 5) is 34.2. The first-order chi connectivity index (χ1) is 7.78. The molecule has 100 valence electrons. The van der Waals surface area contributed by atoms with Gasteiger partial charge in [0.15, 0.2) is 0 Å². The number of carboxylic acids is 2. The van der Waals surface area contributed by atoms with Gasteiger partial charge in [0, 0.05) is 6.42 Å². The van der Waals surface area contributed by atoms with Gasteiger partial charge in [-0.15, -0.1) is 4.67 Å². The number of hydrogen-bond donors (Lipinski definition) is 3. The third-order valence-corrected chi connectivity index (χ3v) is 3.21. The van der Waals surface area contributed by atoms with E-state index in [1.165, 1.54) is 0 Å². The fourth-order valence-corrected chi connectivity index (χ4v) is 2.11. The molecule has 0 rings (SSSR count). The van der Waals surface area contributed by atoms with Crippen LogP contribution in [0.4, 0.5) is 0 Å². The zero-order chi connectivity index (χ0) is 13.5. The van der Waals surface area contributed by atoms with Gasteiger partial charge in [0.1, 0.15) is 0 Å². The Bertz CT molecular complexity index is 315. The molecule has 2 unspecified atom stereocenters. The molecule has 0 aliphatic heterocycles. The van der Waals surface area contributed by atoms with Crippen molar-refractivity contribution in [1.29, 1.82) is 0 Å². The Morgan fingerprint density at radius 3 is 2.29 bits per heavy atom. The van der Waals surface area contributed by atoms with Crippen LogP contribution in [0.1, 0.15) is 19.3 Å². The van der Waals surface area contributed by atoms with Crippen molar-refractivity contribution in [2.24, 2.45) is 5.92 Å². The lowest BCUT2D eigenvalue weighted by molar-refractivity contribution is -0.185. The highest BCUT2D eigenvalue weighted by Crippen LogP contribution is 2.43. The molecule has 0 fully saturated rings. The number of aliphatic carboxylic acids is 2. The molecular weight excluding hydrogens is 255 g/mol. The second-order valence-electron chi connectivity index (χ2n) is 3.36. The molecule has 0 aliphatic rings. The van der Waals surface area contributed by atoms with Crippen molar-refractivity contribution in [1.82, 2.24) is 0 Å². The van der Waals surface area contributed by atoms with Gasteiger partial charge in [0.25, 0.3) is 0 Å². The van der Waals surface area contributed by atoms with Gasteiger partial charge in [0.05, 0.1) is 19.2 Å². The van der Waals surface area contributed by atoms with E-state index in [2.05, 4.69) is 9.56 Å². The van der Waals surface area contributed by atoms with Crippen LogP contribution in [0.2, 0.25) is 0 Å². The third kappa shape index (κ3) is 7.87. The Morgan fingerprint density at radius 2 is 1.88 bits per heavy atom. The van der Waals surface area contributed by atoms with Gasteiger partial charge in [0.2, 0.25) is 0 Å². The predicted octanol–water partition coefficient (Wildman–Crippen LogP) is 0.705. The van der Waals surface area contributed by atoms with Crippen LogP contribution in [0.15, 0.2) is 0 Å². The third-order valence-electron chi connectivity index (χ3n) is 2.01. The van der Waals surface area contributed by atoms with Crippen LogP contribution in [0.25, 0.3) is 0 Å². The molecule has 0 saturated heterocycles. The summed E-state index contributed by atoms with van der Waals surface area (Å²) in [6, 6.07) is 0. The molecule has 2 atom stereocenters. The average molecular weight is 270 g/mol. The summed E-state index contributed by atoms with van der Waals surface area (Å²) < 4.78 is 15.3. The Hall–Kier alpha value is -0.950. The van der Waals surface area contributed by atoms with Crippen molar-refractivity contribution in [3.63, 3.8) is 0 Å². The van der Waals surface area contributed by atoms with Crippen LogP contribution in [0.5, 0.6) is 0 Å². The molecule has 0 bridgehead atoms. The summed E-state index contributed by atoms with van der Waals surface area (Å²) in [6.45, 7) is 0. The number of hydrogen-bond acceptors (Lipinski definition) is 5. The molecule has 0 saturated carbocycles. The highest BCUT2D eigenvalue weighted by atomic mass is 31.2. The summed E-state index contributed by atoms with van der Waals surface area (Å²) in [5.41, 5.74) is 0. The van der Waals surface area contributed by atoms with Crippen LogP contribution in [-0.2, 0) is 23.7 Å². The highest BCUT2D eigenvalue weighted by molar-refractivity contribution is 7.52. The van der Waals surface area contributed by atoms with Crippen molar-refractivity contribution in [3.05, 3.63) is 0 Å². The number of carbonyl (C=O) groups is 2. The summed E-state index contributed by atoms with van der Waals surface area (Å²) >= 11 is 0. The van der Waals surface area contributed by atoms with Gasteiger partial charge >= 0.3 is 19.5 Å². The van der Waals surface area contributed by atoms with E-state index in [-0.39, 0.29) is 19.3 Å². The Labute approximate surface area is 97.6 Å². The van der Waals surface area contributed by atoms with E-state index in [1.807, 2.05) is 0 Å². The molecule has 0 heterocycles. The van der Waals surface area contributed by atoms with Gasteiger partial charge in [-0.1, -0.05) is 0 Å². The highest BCUT2D eigenvalue weighted by Gasteiger charge is 2.26. The summed E-state index contributed by atoms with van der Waals surface area (Å²) in [5.74, 6) is -3.31. The molecule has 9 heteroatoms. The molecule has 0 spiro atoms. The fraction of sp³-hybridized carbons (Fsp3) is 0.750. The van der Waals surface area contributed by atoms with Crippen molar-refractivity contribution >= 4 is 19.5 Å². The largest absolute Gasteiger partial charge is 0.481 e. The molecule has 0 radical (unpaired) electrons. The van der Waals surface area contributed by atoms with Crippen LogP contribution in [0, 0.1) is 5.92 Å². The lowest BCUT2D eigenvalue weighted by Crippen LogP contribution is -2.17. The molecule has 0 amide bonds. The van der Waals surface area contributed by atoms with Gasteiger partial charge in [-0.05, 0) is 12.8 Å². The van der Waals surface area contributed by atoms with Gasteiger partial charge in [-0.2, -0.15) is 0 Å². The maximum Gasteiger partial charge on any atom is 0.355 e. The quantitative estimate of drug-likeness (QED) is 0.317. The minimum atomic E-state index is -3.97. The van der Waals surface area contributed by atoms with E-state index < -0.39 is 31.6 Å². The number of rotatable bonds is 9. The maximum atomic E-state index is 11.2. The van der Waals surface area contributed by atoms with Crippen LogP contribution < -0.4 is 0 Å². The smallest absolute Gasteiger partial charge is 0.355 e. The van der Waals surface area contributed by atoms with E-state index >= 15 is 0 Å². The molecular formula is C8H15O8P. The fourth-order valence-electron chi connectivity index (χ4n) is 1.16. The lowest BCUT2D eigenvalue weighted by atomic mass is 10.0. The molecule has 8 nitrogen and oxygen atoms in total. The monoisotopic (exact) mass is 270 g/mol.